The van der Waals surface area contributed by atoms with Crippen molar-refractivity contribution < 1.29 is 14.0 Å². The van der Waals surface area contributed by atoms with Gasteiger partial charge in [0, 0.05) is 23.4 Å². The van der Waals surface area contributed by atoms with Crippen molar-refractivity contribution in [2.45, 2.75) is 52.2 Å². The largest absolute Gasteiger partial charge is 0.332 e. The molecule has 0 N–H and O–H groups in total. The van der Waals surface area contributed by atoms with Crippen LogP contribution in [0.25, 0.3) is 0 Å². The van der Waals surface area contributed by atoms with Gasteiger partial charge < -0.3 is 9.80 Å². The number of amides is 2. The molecule has 2 amide bonds. The normalized spacial score (nSPS) is 14.0. The molecule has 0 unspecified atom stereocenters. The molecule has 4 nitrogen and oxygen atoms in total. The van der Waals surface area contributed by atoms with E-state index in [1.165, 1.54) is 12.1 Å². The summed E-state index contributed by atoms with van der Waals surface area (Å²) in [6.45, 7) is 4.86. The van der Waals surface area contributed by atoms with Gasteiger partial charge in [0.25, 0.3) is 0 Å². The summed E-state index contributed by atoms with van der Waals surface area (Å²) in [5.74, 6) is -0.221. The van der Waals surface area contributed by atoms with Crippen LogP contribution in [0.2, 0.25) is 0 Å². The van der Waals surface area contributed by atoms with E-state index in [2.05, 4.69) is 0 Å². The zero-order valence-electron chi connectivity index (χ0n) is 16.4. The van der Waals surface area contributed by atoms with Gasteiger partial charge >= 0.3 is 0 Å². The third kappa shape index (κ3) is 5.19. The fourth-order valence-electron chi connectivity index (χ4n) is 3.28. The Kier molecular flexibility index (Phi) is 6.83. The highest BCUT2D eigenvalue weighted by Crippen LogP contribution is 2.29. The first-order valence-corrected chi connectivity index (χ1v) is 10.7. The van der Waals surface area contributed by atoms with Crippen LogP contribution in [0.3, 0.4) is 0 Å². The first-order valence-electron chi connectivity index (χ1n) is 9.79. The topological polar surface area (TPSA) is 40.6 Å². The van der Waals surface area contributed by atoms with Gasteiger partial charge in [-0.2, -0.15) is 0 Å². The van der Waals surface area contributed by atoms with Gasteiger partial charge in [-0.15, -0.1) is 11.3 Å². The molecule has 1 aliphatic rings. The van der Waals surface area contributed by atoms with E-state index in [9.17, 15) is 14.0 Å². The van der Waals surface area contributed by atoms with Crippen molar-refractivity contribution in [3.8, 4) is 0 Å². The summed E-state index contributed by atoms with van der Waals surface area (Å²) in [6, 6.07) is 10.1. The highest BCUT2D eigenvalue weighted by molar-refractivity contribution is 7.09. The Morgan fingerprint density at radius 3 is 2.39 bits per heavy atom. The van der Waals surface area contributed by atoms with Gasteiger partial charge in [0.2, 0.25) is 11.8 Å². The number of benzene rings is 1. The van der Waals surface area contributed by atoms with E-state index in [0.29, 0.717) is 13.1 Å². The van der Waals surface area contributed by atoms with Gasteiger partial charge in [-0.25, -0.2) is 4.39 Å². The maximum atomic E-state index is 13.2. The van der Waals surface area contributed by atoms with E-state index in [-0.39, 0.29) is 36.1 Å². The third-order valence-corrected chi connectivity index (χ3v) is 6.09. The molecule has 1 aliphatic carbocycles. The molecule has 1 aromatic heterocycles. The summed E-state index contributed by atoms with van der Waals surface area (Å²) in [5, 5.41) is 1.98. The number of nitrogens with zero attached hydrogens (tertiary/aromatic N) is 2. The number of hydrogen-bond acceptors (Lipinski definition) is 3. The number of rotatable bonds is 8. The Morgan fingerprint density at radius 1 is 1.14 bits per heavy atom. The minimum Gasteiger partial charge on any atom is -0.332 e. The van der Waals surface area contributed by atoms with Crippen LogP contribution in [-0.4, -0.2) is 34.2 Å². The van der Waals surface area contributed by atoms with Gasteiger partial charge in [0.1, 0.15) is 12.4 Å². The number of halogens is 1. The smallest absolute Gasteiger partial charge is 0.242 e. The predicted octanol–water partition coefficient (Wildman–Crippen LogP) is 4.45. The summed E-state index contributed by atoms with van der Waals surface area (Å²) < 4.78 is 13.2. The Bertz CT molecular complexity index is 785. The Labute approximate surface area is 170 Å². The van der Waals surface area contributed by atoms with Crippen molar-refractivity contribution in [1.82, 2.24) is 9.80 Å². The van der Waals surface area contributed by atoms with Crippen molar-refractivity contribution in [3.05, 3.63) is 58.0 Å². The first kappa shape index (κ1) is 20.5. The van der Waals surface area contributed by atoms with Crippen molar-refractivity contribution in [2.75, 3.05) is 6.54 Å². The monoisotopic (exact) mass is 402 g/mol. The Hall–Kier alpha value is -2.21. The molecular formula is C22H27FN2O2S. The van der Waals surface area contributed by atoms with Crippen molar-refractivity contribution in [1.29, 1.82) is 0 Å². The van der Waals surface area contributed by atoms with E-state index in [1.54, 1.807) is 33.3 Å². The summed E-state index contributed by atoms with van der Waals surface area (Å²) in [7, 11) is 0. The fraction of sp³-hybridized carbons (Fsp3) is 0.455. The van der Waals surface area contributed by atoms with Crippen molar-refractivity contribution >= 4 is 23.2 Å². The van der Waals surface area contributed by atoms with Crippen LogP contribution in [-0.2, 0) is 22.7 Å². The Balaban J connectivity index is 1.74. The van der Waals surface area contributed by atoms with E-state index >= 15 is 0 Å². The third-order valence-electron chi connectivity index (χ3n) is 5.23. The second kappa shape index (κ2) is 9.32. The lowest BCUT2D eigenvalue weighted by atomic mass is 9.84. The summed E-state index contributed by atoms with van der Waals surface area (Å²) in [5.41, 5.74) is 0.868. The zero-order chi connectivity index (χ0) is 20.1. The van der Waals surface area contributed by atoms with E-state index in [4.69, 9.17) is 0 Å². The average Bonchev–Trinajstić information content (AvgIpc) is 3.12. The second-order valence-corrected chi connectivity index (χ2v) is 8.68. The van der Waals surface area contributed by atoms with Crippen molar-refractivity contribution in [3.63, 3.8) is 0 Å². The van der Waals surface area contributed by atoms with Crippen LogP contribution in [0.1, 0.15) is 43.6 Å². The minimum absolute atomic E-state index is 0.0218. The molecule has 0 spiro atoms. The standard InChI is InChI=1S/C22H27FN2O2S/c1-16(2)25(22(27)18-5-3-6-18)15-21(26)24(14-20-7-4-12-28-20)13-17-8-10-19(23)11-9-17/h4,7-12,16,18H,3,5-6,13-15H2,1-2H3. The summed E-state index contributed by atoms with van der Waals surface area (Å²) in [4.78, 5) is 30.4. The molecular weight excluding hydrogens is 375 g/mol. The van der Waals surface area contributed by atoms with E-state index < -0.39 is 0 Å². The van der Waals surface area contributed by atoms with Crippen LogP contribution in [0.5, 0.6) is 0 Å². The highest BCUT2D eigenvalue weighted by Gasteiger charge is 2.32. The predicted molar refractivity (Wildman–Crippen MR) is 109 cm³/mol. The summed E-state index contributed by atoms with van der Waals surface area (Å²) >= 11 is 1.60. The quantitative estimate of drug-likeness (QED) is 0.654. The SMILES string of the molecule is CC(C)N(CC(=O)N(Cc1ccc(F)cc1)Cc1cccs1)C(=O)C1CCC1. The van der Waals surface area contributed by atoms with Crippen LogP contribution < -0.4 is 0 Å². The molecule has 0 aliphatic heterocycles. The molecule has 0 radical (unpaired) electrons. The molecule has 150 valence electrons. The van der Waals surface area contributed by atoms with Crippen LogP contribution in [0, 0.1) is 11.7 Å². The molecule has 1 fully saturated rings. The molecule has 3 rings (SSSR count). The van der Waals surface area contributed by atoms with Crippen LogP contribution in [0.4, 0.5) is 4.39 Å². The average molecular weight is 403 g/mol. The van der Waals surface area contributed by atoms with Crippen LogP contribution >= 0.6 is 11.3 Å². The molecule has 1 saturated carbocycles. The maximum Gasteiger partial charge on any atom is 0.242 e. The number of carbonyl (C=O) groups excluding carboxylic acids is 2. The van der Waals surface area contributed by atoms with E-state index in [1.807, 2.05) is 31.4 Å². The highest BCUT2D eigenvalue weighted by atomic mass is 32.1. The molecule has 2 aromatic rings. The minimum atomic E-state index is -0.294. The Morgan fingerprint density at radius 2 is 1.86 bits per heavy atom. The molecule has 0 saturated heterocycles. The molecule has 0 atom stereocenters. The van der Waals surface area contributed by atoms with E-state index in [0.717, 1.165) is 29.7 Å². The van der Waals surface area contributed by atoms with Crippen LogP contribution in [0.15, 0.2) is 41.8 Å². The van der Waals surface area contributed by atoms with Gasteiger partial charge in [-0.1, -0.05) is 24.6 Å². The number of carbonyl (C=O) groups is 2. The maximum absolute atomic E-state index is 13.2. The van der Waals surface area contributed by atoms with Gasteiger partial charge in [-0.3, -0.25) is 9.59 Å². The molecule has 0 bridgehead atoms. The molecule has 28 heavy (non-hydrogen) atoms. The lowest BCUT2D eigenvalue weighted by Crippen LogP contribution is -2.48. The lowest BCUT2D eigenvalue weighted by molar-refractivity contribution is -0.146. The lowest BCUT2D eigenvalue weighted by Gasteiger charge is -2.35. The van der Waals surface area contributed by atoms with Gasteiger partial charge in [0.15, 0.2) is 0 Å². The van der Waals surface area contributed by atoms with Gasteiger partial charge in [0.05, 0.1) is 6.54 Å². The summed E-state index contributed by atoms with van der Waals surface area (Å²) in [6.07, 6.45) is 2.93. The number of hydrogen-bond donors (Lipinski definition) is 0. The van der Waals surface area contributed by atoms with Gasteiger partial charge in [-0.05, 0) is 55.8 Å². The fourth-order valence-corrected chi connectivity index (χ4v) is 4.00. The van der Waals surface area contributed by atoms with Crippen molar-refractivity contribution in [2.24, 2.45) is 5.92 Å². The number of thiophene rings is 1. The molecule has 1 aromatic carbocycles. The molecule has 6 heteroatoms. The molecule has 1 heterocycles. The zero-order valence-corrected chi connectivity index (χ0v) is 17.3. The first-order chi connectivity index (χ1) is 13.4. The second-order valence-electron chi connectivity index (χ2n) is 7.64.